The fraction of sp³-hybridized carbons (Fsp3) is 0.211. The average molecular weight is 385 g/mol. The summed E-state index contributed by atoms with van der Waals surface area (Å²) < 4.78 is 4.89. The van der Waals surface area contributed by atoms with Crippen molar-refractivity contribution in [2.45, 2.75) is 6.92 Å². The summed E-state index contributed by atoms with van der Waals surface area (Å²) in [4.78, 5) is 47.8. The molecule has 0 atom stereocenters. The highest BCUT2D eigenvalue weighted by molar-refractivity contribution is 5.98. The number of esters is 1. The first-order chi connectivity index (χ1) is 13.2. The smallest absolute Gasteiger partial charge is 0.345 e. The second-order valence-corrected chi connectivity index (χ2v) is 6.13. The standard InChI is InChI=1S/C19H19N3O6/c1-12-5-4-6-15(17(12)22(26)27)19(25)28-11-16(23)20-14-9-7-13(8-10-14)18(24)21(2)3/h4-10H,11H2,1-3H3,(H,20,23). The van der Waals surface area contributed by atoms with E-state index < -0.39 is 23.4 Å². The highest BCUT2D eigenvalue weighted by Gasteiger charge is 2.24. The van der Waals surface area contributed by atoms with Crippen LogP contribution in [0.15, 0.2) is 42.5 Å². The molecule has 0 radical (unpaired) electrons. The molecule has 9 heteroatoms. The van der Waals surface area contributed by atoms with E-state index in [1.54, 1.807) is 38.4 Å². The Morgan fingerprint density at radius 2 is 1.75 bits per heavy atom. The van der Waals surface area contributed by atoms with Gasteiger partial charge in [-0.05, 0) is 37.3 Å². The van der Waals surface area contributed by atoms with Crippen LogP contribution in [0.4, 0.5) is 11.4 Å². The Balaban J connectivity index is 1.98. The molecule has 0 aromatic heterocycles. The second kappa shape index (κ2) is 8.76. The van der Waals surface area contributed by atoms with E-state index >= 15 is 0 Å². The molecular formula is C19H19N3O6. The topological polar surface area (TPSA) is 119 Å². The van der Waals surface area contributed by atoms with Crippen molar-refractivity contribution in [3.8, 4) is 0 Å². The zero-order chi connectivity index (χ0) is 20.8. The Labute approximate surface area is 161 Å². The Kier molecular flexibility index (Phi) is 6.43. The molecule has 0 bridgehead atoms. The zero-order valence-corrected chi connectivity index (χ0v) is 15.6. The summed E-state index contributed by atoms with van der Waals surface area (Å²) in [6, 6.07) is 10.5. The van der Waals surface area contributed by atoms with E-state index in [1.165, 1.54) is 30.0 Å². The lowest BCUT2D eigenvalue weighted by Gasteiger charge is -2.11. The maximum Gasteiger partial charge on any atom is 0.345 e. The molecule has 2 aromatic carbocycles. The molecular weight excluding hydrogens is 366 g/mol. The maximum atomic E-state index is 12.1. The summed E-state index contributed by atoms with van der Waals surface area (Å²) in [5.41, 5.74) is 0.619. The average Bonchev–Trinajstić information content (AvgIpc) is 2.65. The quantitative estimate of drug-likeness (QED) is 0.463. The highest BCUT2D eigenvalue weighted by atomic mass is 16.6. The van der Waals surface area contributed by atoms with Gasteiger partial charge >= 0.3 is 5.97 Å². The molecule has 0 aliphatic rings. The number of carbonyl (C=O) groups is 3. The van der Waals surface area contributed by atoms with E-state index in [9.17, 15) is 24.5 Å². The van der Waals surface area contributed by atoms with Crippen molar-refractivity contribution in [1.82, 2.24) is 4.90 Å². The van der Waals surface area contributed by atoms with Gasteiger partial charge in [0.1, 0.15) is 5.56 Å². The lowest BCUT2D eigenvalue weighted by molar-refractivity contribution is -0.385. The number of hydrogen-bond acceptors (Lipinski definition) is 6. The predicted molar refractivity (Wildman–Crippen MR) is 101 cm³/mol. The van der Waals surface area contributed by atoms with E-state index in [0.717, 1.165) is 0 Å². The fourth-order valence-electron chi connectivity index (χ4n) is 2.43. The van der Waals surface area contributed by atoms with Crippen LogP contribution in [-0.4, -0.2) is 48.3 Å². The minimum Gasteiger partial charge on any atom is -0.452 e. The molecule has 0 fully saturated rings. The van der Waals surface area contributed by atoms with Gasteiger partial charge in [-0.25, -0.2) is 4.79 Å². The Hall–Kier alpha value is -3.75. The maximum absolute atomic E-state index is 12.1. The number of anilines is 1. The van der Waals surface area contributed by atoms with E-state index in [4.69, 9.17) is 4.74 Å². The lowest BCUT2D eigenvalue weighted by Crippen LogP contribution is -2.22. The zero-order valence-electron chi connectivity index (χ0n) is 15.6. The molecule has 0 heterocycles. The summed E-state index contributed by atoms with van der Waals surface area (Å²) in [5, 5.41) is 13.7. The third-order valence-electron chi connectivity index (χ3n) is 3.80. The molecule has 0 unspecified atom stereocenters. The molecule has 0 saturated carbocycles. The summed E-state index contributed by atoms with van der Waals surface area (Å²) in [5.74, 6) is -1.75. The van der Waals surface area contributed by atoms with E-state index in [2.05, 4.69) is 5.32 Å². The Morgan fingerprint density at radius 1 is 1.11 bits per heavy atom. The normalized spacial score (nSPS) is 10.1. The first-order valence-electron chi connectivity index (χ1n) is 8.23. The van der Waals surface area contributed by atoms with Gasteiger partial charge in [0.25, 0.3) is 17.5 Å². The first kappa shape index (κ1) is 20.6. The summed E-state index contributed by atoms with van der Waals surface area (Å²) in [7, 11) is 3.26. The minimum absolute atomic E-state index is 0.174. The van der Waals surface area contributed by atoms with Crippen molar-refractivity contribution in [2.24, 2.45) is 0 Å². The largest absolute Gasteiger partial charge is 0.452 e. The Bertz CT molecular complexity index is 922. The second-order valence-electron chi connectivity index (χ2n) is 6.13. The third kappa shape index (κ3) is 4.91. The van der Waals surface area contributed by atoms with E-state index in [-0.39, 0.29) is 17.2 Å². The van der Waals surface area contributed by atoms with Crippen LogP contribution in [0.2, 0.25) is 0 Å². The van der Waals surface area contributed by atoms with Gasteiger partial charge in [-0.15, -0.1) is 0 Å². The van der Waals surface area contributed by atoms with Crippen LogP contribution in [0.25, 0.3) is 0 Å². The van der Waals surface area contributed by atoms with Gasteiger partial charge in [0.15, 0.2) is 6.61 Å². The van der Waals surface area contributed by atoms with Crippen molar-refractivity contribution in [3.05, 3.63) is 69.3 Å². The summed E-state index contributed by atoms with van der Waals surface area (Å²) in [6.07, 6.45) is 0. The van der Waals surface area contributed by atoms with Crippen LogP contribution in [0.3, 0.4) is 0 Å². The monoisotopic (exact) mass is 385 g/mol. The first-order valence-corrected chi connectivity index (χ1v) is 8.23. The van der Waals surface area contributed by atoms with Gasteiger partial charge in [-0.3, -0.25) is 19.7 Å². The molecule has 0 spiro atoms. The molecule has 28 heavy (non-hydrogen) atoms. The molecule has 0 aliphatic carbocycles. The van der Waals surface area contributed by atoms with Gasteiger partial charge in [0.2, 0.25) is 0 Å². The van der Waals surface area contributed by atoms with E-state index in [0.29, 0.717) is 16.8 Å². The fourth-order valence-corrected chi connectivity index (χ4v) is 2.43. The van der Waals surface area contributed by atoms with Gasteiger partial charge in [-0.2, -0.15) is 0 Å². The van der Waals surface area contributed by atoms with Crippen molar-refractivity contribution >= 4 is 29.2 Å². The molecule has 0 aliphatic heterocycles. The van der Waals surface area contributed by atoms with Gasteiger partial charge in [0, 0.05) is 30.9 Å². The molecule has 2 amide bonds. The van der Waals surface area contributed by atoms with Crippen LogP contribution < -0.4 is 5.32 Å². The minimum atomic E-state index is -0.961. The SMILES string of the molecule is Cc1cccc(C(=O)OCC(=O)Nc2ccc(C(=O)N(C)C)cc2)c1[N+](=O)[O-]. The van der Waals surface area contributed by atoms with Gasteiger partial charge in [0.05, 0.1) is 4.92 Å². The number of para-hydroxylation sites is 1. The number of aryl methyl sites for hydroxylation is 1. The number of nitro groups is 1. The number of benzene rings is 2. The number of ether oxygens (including phenoxy) is 1. The molecule has 146 valence electrons. The van der Waals surface area contributed by atoms with Crippen molar-refractivity contribution in [2.75, 3.05) is 26.0 Å². The molecule has 2 rings (SSSR count). The van der Waals surface area contributed by atoms with Gasteiger partial charge < -0.3 is 15.0 Å². The van der Waals surface area contributed by atoms with Crippen LogP contribution in [0, 0.1) is 17.0 Å². The lowest BCUT2D eigenvalue weighted by atomic mass is 10.1. The van der Waals surface area contributed by atoms with Crippen molar-refractivity contribution < 1.29 is 24.0 Å². The third-order valence-corrected chi connectivity index (χ3v) is 3.80. The summed E-state index contributed by atoms with van der Waals surface area (Å²) in [6.45, 7) is 0.897. The van der Waals surface area contributed by atoms with Crippen LogP contribution >= 0.6 is 0 Å². The Morgan fingerprint density at radius 3 is 2.32 bits per heavy atom. The van der Waals surface area contributed by atoms with Crippen molar-refractivity contribution in [3.63, 3.8) is 0 Å². The molecule has 0 saturated heterocycles. The van der Waals surface area contributed by atoms with Gasteiger partial charge in [-0.1, -0.05) is 12.1 Å². The number of nitro benzene ring substituents is 1. The highest BCUT2D eigenvalue weighted by Crippen LogP contribution is 2.23. The number of rotatable bonds is 6. The number of nitrogens with one attached hydrogen (secondary N) is 1. The molecule has 1 N–H and O–H groups in total. The summed E-state index contributed by atoms with van der Waals surface area (Å²) >= 11 is 0. The number of carbonyl (C=O) groups excluding carboxylic acids is 3. The number of nitrogens with zero attached hydrogens (tertiary/aromatic N) is 2. The number of hydrogen-bond donors (Lipinski definition) is 1. The molecule has 9 nitrogen and oxygen atoms in total. The van der Waals surface area contributed by atoms with Crippen LogP contribution in [-0.2, 0) is 9.53 Å². The van der Waals surface area contributed by atoms with E-state index in [1.807, 2.05) is 0 Å². The van der Waals surface area contributed by atoms with Crippen LogP contribution in [0.1, 0.15) is 26.3 Å². The predicted octanol–water partition coefficient (Wildman–Crippen LogP) is 2.40. The number of amides is 2. The van der Waals surface area contributed by atoms with Crippen LogP contribution in [0.5, 0.6) is 0 Å². The molecule has 2 aromatic rings. The van der Waals surface area contributed by atoms with Crippen molar-refractivity contribution in [1.29, 1.82) is 0 Å².